The summed E-state index contributed by atoms with van der Waals surface area (Å²) in [7, 11) is -0.763. The van der Waals surface area contributed by atoms with Crippen LogP contribution in [0.25, 0.3) is 11.2 Å². The minimum absolute atomic E-state index is 0.0218. The molecule has 2 aromatic heterocycles. The zero-order valence-corrected chi connectivity index (χ0v) is 25.2. The summed E-state index contributed by atoms with van der Waals surface area (Å²) < 4.78 is 37.4. The molecule has 3 heterocycles. The summed E-state index contributed by atoms with van der Waals surface area (Å²) in [6.45, 7) is 1.84. The van der Waals surface area contributed by atoms with Crippen LogP contribution in [0.2, 0.25) is 0 Å². The molecule has 42 heavy (non-hydrogen) atoms. The van der Waals surface area contributed by atoms with Crippen LogP contribution in [0, 0.1) is 5.92 Å². The number of nitrogen functional groups attached to an aromatic ring is 1. The number of carbonyl (C=O) groups excluding carboxylic acids is 1. The molecule has 0 spiro atoms. The van der Waals surface area contributed by atoms with Crippen LogP contribution in [0.5, 0.6) is 5.88 Å². The van der Waals surface area contributed by atoms with E-state index in [4.69, 9.17) is 30.2 Å². The minimum Gasteiger partial charge on any atom is -0.479 e. The average molecular weight is 620 g/mol. The Morgan fingerprint density at radius 3 is 2.79 bits per heavy atom. The first-order valence-electron chi connectivity index (χ1n) is 14.0. The van der Waals surface area contributed by atoms with Crippen molar-refractivity contribution in [1.82, 2.24) is 19.5 Å². The number of fused-ring (bicyclic) bond motifs is 1. The van der Waals surface area contributed by atoms with Crippen molar-refractivity contribution in [2.75, 3.05) is 19.5 Å². The standard InChI is InChI=1S/C27H36N6O7PS/c1-3-17-22(34)19(40-25(17)33-14-30-21-23(33)31-27(29)32-24(21)37-2)13-38-41(36)42-20-11-7-4-8-15(20)12-18(28)26(35)39-16-9-5-6-10-16/h4,7-8,11,14,16-19,22,25,34H,3,5-6,9-10,12-13,28H2,1-2H3,(H2,29,31,32)/q+1. The number of nitrogens with zero attached hydrogens (tertiary/aromatic N) is 4. The quantitative estimate of drug-likeness (QED) is 0.198. The number of nitrogens with two attached hydrogens (primary N) is 2. The number of aromatic nitrogens is 4. The topological polar surface area (TPSA) is 187 Å². The second-order valence-electron chi connectivity index (χ2n) is 10.4. The molecule has 13 nitrogen and oxygen atoms in total. The van der Waals surface area contributed by atoms with E-state index in [-0.39, 0.29) is 36.9 Å². The third kappa shape index (κ3) is 6.69. The smallest absolute Gasteiger partial charge is 0.479 e. The molecule has 2 aliphatic rings. The van der Waals surface area contributed by atoms with Crippen molar-refractivity contribution in [1.29, 1.82) is 0 Å². The van der Waals surface area contributed by atoms with E-state index in [1.165, 1.54) is 7.11 Å². The van der Waals surface area contributed by atoms with Crippen molar-refractivity contribution < 1.29 is 33.2 Å². The molecule has 1 aliphatic carbocycles. The molecule has 0 bridgehead atoms. The summed E-state index contributed by atoms with van der Waals surface area (Å²) in [4.78, 5) is 25.9. The van der Waals surface area contributed by atoms with Gasteiger partial charge in [0.2, 0.25) is 11.8 Å². The molecule has 15 heteroatoms. The van der Waals surface area contributed by atoms with E-state index >= 15 is 0 Å². The van der Waals surface area contributed by atoms with Gasteiger partial charge in [0.1, 0.15) is 31.1 Å². The van der Waals surface area contributed by atoms with Crippen molar-refractivity contribution in [3.05, 3.63) is 36.2 Å². The van der Waals surface area contributed by atoms with Crippen molar-refractivity contribution >= 4 is 41.7 Å². The molecule has 5 rings (SSSR count). The third-order valence-corrected chi connectivity index (χ3v) is 10.1. The maximum absolute atomic E-state index is 13.0. The fourth-order valence-electron chi connectivity index (χ4n) is 5.47. The van der Waals surface area contributed by atoms with Gasteiger partial charge < -0.3 is 30.8 Å². The van der Waals surface area contributed by atoms with Crippen molar-refractivity contribution in [3.63, 3.8) is 0 Å². The molecular formula is C27H36N6O7PS+. The molecule has 1 aliphatic heterocycles. The van der Waals surface area contributed by atoms with Gasteiger partial charge in [0.05, 0.1) is 24.4 Å². The number of esters is 1. The van der Waals surface area contributed by atoms with Crippen LogP contribution in [0.3, 0.4) is 0 Å². The Morgan fingerprint density at radius 2 is 2.05 bits per heavy atom. The van der Waals surface area contributed by atoms with Crippen LogP contribution in [-0.4, -0.2) is 68.7 Å². The number of rotatable bonds is 12. The molecule has 1 saturated carbocycles. The van der Waals surface area contributed by atoms with Gasteiger partial charge >= 0.3 is 13.2 Å². The van der Waals surface area contributed by atoms with Gasteiger partial charge in [-0.05, 0) is 54.7 Å². The molecule has 0 amide bonds. The highest BCUT2D eigenvalue weighted by atomic mass is 32.7. The highest BCUT2D eigenvalue weighted by molar-refractivity contribution is 8.50. The second-order valence-corrected chi connectivity index (χ2v) is 13.2. The van der Waals surface area contributed by atoms with Gasteiger partial charge in [-0.15, -0.1) is 4.52 Å². The van der Waals surface area contributed by atoms with Crippen LogP contribution in [-0.2, 0) is 29.8 Å². The van der Waals surface area contributed by atoms with Gasteiger partial charge in [0.25, 0.3) is 0 Å². The fraction of sp³-hybridized carbons (Fsp3) is 0.556. The number of aliphatic hydroxyl groups is 1. The zero-order chi connectivity index (χ0) is 29.8. The summed E-state index contributed by atoms with van der Waals surface area (Å²) in [5.74, 6) is -0.472. The lowest BCUT2D eigenvalue weighted by molar-refractivity contribution is -0.150. The summed E-state index contributed by atoms with van der Waals surface area (Å²) >= 11 is 1.04. The van der Waals surface area contributed by atoms with Gasteiger partial charge in [0, 0.05) is 5.92 Å². The number of hydrogen-bond acceptors (Lipinski definition) is 13. The molecule has 5 N–H and O–H groups in total. The number of benzene rings is 1. The van der Waals surface area contributed by atoms with Crippen molar-refractivity contribution in [2.45, 2.75) is 80.9 Å². The Morgan fingerprint density at radius 1 is 1.29 bits per heavy atom. The maximum atomic E-state index is 13.0. The average Bonchev–Trinajstić information content (AvgIpc) is 3.71. The number of methoxy groups -OCH3 is 1. The highest BCUT2D eigenvalue weighted by Gasteiger charge is 2.45. The van der Waals surface area contributed by atoms with Crippen LogP contribution in [0.15, 0.2) is 35.5 Å². The number of aliphatic hydroxyl groups excluding tert-OH is 1. The van der Waals surface area contributed by atoms with Gasteiger partial charge in [0.15, 0.2) is 22.5 Å². The lowest BCUT2D eigenvalue weighted by Crippen LogP contribution is -2.36. The Balaban J connectivity index is 1.20. The Kier molecular flexibility index (Phi) is 9.92. The van der Waals surface area contributed by atoms with E-state index in [1.54, 1.807) is 10.9 Å². The van der Waals surface area contributed by atoms with E-state index in [1.807, 2.05) is 31.2 Å². The van der Waals surface area contributed by atoms with Gasteiger partial charge in [-0.3, -0.25) is 9.36 Å². The number of carbonyl (C=O) groups is 1. The lowest BCUT2D eigenvalue weighted by Gasteiger charge is -2.20. The van der Waals surface area contributed by atoms with Crippen LogP contribution in [0.4, 0.5) is 5.95 Å². The van der Waals surface area contributed by atoms with E-state index < -0.39 is 37.7 Å². The normalized spacial score (nSPS) is 23.8. The molecule has 1 aromatic carbocycles. The molecule has 6 atom stereocenters. The van der Waals surface area contributed by atoms with Gasteiger partial charge in [-0.1, -0.05) is 25.1 Å². The Labute approximate surface area is 248 Å². The van der Waals surface area contributed by atoms with Crippen LogP contribution < -0.4 is 16.2 Å². The van der Waals surface area contributed by atoms with Crippen molar-refractivity contribution in [3.8, 4) is 5.88 Å². The van der Waals surface area contributed by atoms with E-state index in [9.17, 15) is 14.5 Å². The SMILES string of the molecule is CCC1C(O)C(CO[P+](=O)Sc2ccccc2CC(N)C(=O)OC2CCCC2)OC1n1cnc2c(OC)nc(N)nc21. The number of ether oxygens (including phenoxy) is 3. The fourth-order valence-corrected chi connectivity index (χ4v) is 7.72. The first kappa shape index (κ1) is 30.6. The number of hydrogen-bond donors (Lipinski definition) is 3. The molecule has 3 aromatic rings. The summed E-state index contributed by atoms with van der Waals surface area (Å²) in [6, 6.07) is 6.48. The second kappa shape index (κ2) is 13.6. The molecule has 2 fully saturated rings. The predicted molar refractivity (Wildman–Crippen MR) is 156 cm³/mol. The van der Waals surface area contributed by atoms with E-state index in [0.29, 0.717) is 22.5 Å². The first-order chi connectivity index (χ1) is 20.3. The van der Waals surface area contributed by atoms with E-state index in [2.05, 4.69) is 15.0 Å². The summed E-state index contributed by atoms with van der Waals surface area (Å²) in [5.41, 5.74) is 13.6. The monoisotopic (exact) mass is 619 g/mol. The number of imidazole rings is 1. The largest absolute Gasteiger partial charge is 0.590 e. The molecule has 226 valence electrons. The third-order valence-electron chi connectivity index (χ3n) is 7.66. The first-order valence-corrected chi connectivity index (χ1v) is 16.6. The molecular weight excluding hydrogens is 583 g/mol. The Bertz CT molecular complexity index is 1420. The van der Waals surface area contributed by atoms with Crippen LogP contribution in [0.1, 0.15) is 50.8 Å². The van der Waals surface area contributed by atoms with Gasteiger partial charge in [-0.25, -0.2) is 4.98 Å². The maximum Gasteiger partial charge on any atom is 0.590 e. The molecule has 1 saturated heterocycles. The highest BCUT2D eigenvalue weighted by Crippen LogP contribution is 2.47. The lowest BCUT2D eigenvalue weighted by atomic mass is 9.97. The van der Waals surface area contributed by atoms with Crippen LogP contribution >= 0.6 is 18.6 Å². The summed E-state index contributed by atoms with van der Waals surface area (Å²) in [5, 5.41) is 11.1. The van der Waals surface area contributed by atoms with Gasteiger partial charge in [-0.2, -0.15) is 9.97 Å². The molecule has 0 radical (unpaired) electrons. The van der Waals surface area contributed by atoms with Crippen molar-refractivity contribution in [2.24, 2.45) is 11.7 Å². The zero-order valence-electron chi connectivity index (χ0n) is 23.5. The Hall–Kier alpha value is -2.87. The predicted octanol–water partition coefficient (Wildman–Crippen LogP) is 3.52. The number of anilines is 1. The van der Waals surface area contributed by atoms with E-state index in [0.717, 1.165) is 42.6 Å². The molecule has 6 unspecified atom stereocenters. The summed E-state index contributed by atoms with van der Waals surface area (Å²) in [6.07, 6.45) is 3.96. The minimum atomic E-state index is -2.23.